The molecule has 1 heterocycles. The Hall–Kier alpha value is -1.27. The molecule has 3 aromatic rings. The molecule has 0 atom stereocenters. The third kappa shape index (κ3) is 3.80. The van der Waals surface area contributed by atoms with Gasteiger partial charge in [0.25, 0.3) is 5.22 Å². The second kappa shape index (κ2) is 7.09. The zero-order valence-electron chi connectivity index (χ0n) is 11.4. The zero-order chi connectivity index (χ0) is 16.4. The highest BCUT2D eigenvalue weighted by atomic mass is 35.5. The Morgan fingerprint density at radius 2 is 1.87 bits per heavy atom. The predicted octanol–water partition coefficient (Wildman–Crippen LogP) is 6.13. The van der Waals surface area contributed by atoms with E-state index < -0.39 is 0 Å². The van der Waals surface area contributed by atoms with E-state index in [0.29, 0.717) is 31.4 Å². The molecule has 0 aliphatic heterocycles. The molecule has 118 valence electrons. The zero-order valence-corrected chi connectivity index (χ0v) is 14.5. The molecule has 0 saturated heterocycles. The van der Waals surface area contributed by atoms with Gasteiger partial charge in [0, 0.05) is 21.4 Å². The van der Waals surface area contributed by atoms with Gasteiger partial charge in [0.15, 0.2) is 0 Å². The minimum Gasteiger partial charge on any atom is -0.411 e. The van der Waals surface area contributed by atoms with Gasteiger partial charge in [-0.1, -0.05) is 52.6 Å². The van der Waals surface area contributed by atoms with Gasteiger partial charge < -0.3 is 4.42 Å². The van der Waals surface area contributed by atoms with E-state index in [9.17, 15) is 4.39 Å². The quantitative estimate of drug-likeness (QED) is 0.503. The molecule has 0 unspecified atom stereocenters. The first-order valence-corrected chi connectivity index (χ1v) is 8.51. The fraction of sp³-hybridized carbons (Fsp3) is 0.0667. The highest BCUT2D eigenvalue weighted by Crippen LogP contribution is 2.33. The van der Waals surface area contributed by atoms with Crippen LogP contribution in [-0.2, 0) is 5.75 Å². The molecule has 1 aromatic heterocycles. The van der Waals surface area contributed by atoms with Gasteiger partial charge in [0.1, 0.15) is 5.82 Å². The molecule has 0 N–H and O–H groups in total. The van der Waals surface area contributed by atoms with Gasteiger partial charge in [0.05, 0.1) is 10.6 Å². The number of thioether (sulfide) groups is 1. The van der Waals surface area contributed by atoms with E-state index in [1.807, 2.05) is 0 Å². The van der Waals surface area contributed by atoms with Gasteiger partial charge in [-0.25, -0.2) is 4.39 Å². The molecule has 0 aliphatic carbocycles. The average Bonchev–Trinajstić information content (AvgIpc) is 2.95. The second-order valence-corrected chi connectivity index (χ2v) is 6.66. The maximum atomic E-state index is 13.7. The Labute approximate surface area is 150 Å². The Bertz CT molecular complexity index is 836. The number of aromatic nitrogens is 2. The van der Waals surface area contributed by atoms with Crippen molar-refractivity contribution in [3.63, 3.8) is 0 Å². The van der Waals surface area contributed by atoms with Crippen LogP contribution in [0, 0.1) is 5.82 Å². The summed E-state index contributed by atoms with van der Waals surface area (Å²) in [7, 11) is 0. The van der Waals surface area contributed by atoms with E-state index in [-0.39, 0.29) is 17.5 Å². The van der Waals surface area contributed by atoms with Crippen LogP contribution in [0.5, 0.6) is 0 Å². The number of hydrogen-bond acceptors (Lipinski definition) is 4. The molecule has 0 aliphatic rings. The summed E-state index contributed by atoms with van der Waals surface area (Å²) in [5.41, 5.74) is 0.975. The summed E-state index contributed by atoms with van der Waals surface area (Å²) in [6, 6.07) is 9.51. The SMILES string of the molecule is Fc1cccc(Cl)c1CSc1nnc(-c2ccc(Cl)cc2Cl)o1. The van der Waals surface area contributed by atoms with E-state index in [4.69, 9.17) is 39.2 Å². The summed E-state index contributed by atoms with van der Waals surface area (Å²) in [6.45, 7) is 0. The number of rotatable bonds is 4. The van der Waals surface area contributed by atoms with Gasteiger partial charge in [-0.3, -0.25) is 0 Å². The molecule has 23 heavy (non-hydrogen) atoms. The third-order valence-corrected chi connectivity index (χ3v) is 4.72. The molecule has 3 nitrogen and oxygen atoms in total. The monoisotopic (exact) mass is 388 g/mol. The van der Waals surface area contributed by atoms with Crippen molar-refractivity contribution in [2.75, 3.05) is 0 Å². The van der Waals surface area contributed by atoms with Crippen molar-refractivity contribution < 1.29 is 8.81 Å². The first-order valence-electron chi connectivity index (χ1n) is 6.39. The summed E-state index contributed by atoms with van der Waals surface area (Å²) < 4.78 is 19.3. The molecule has 0 amide bonds. The van der Waals surface area contributed by atoms with Crippen molar-refractivity contribution in [3.05, 3.63) is 62.8 Å². The Morgan fingerprint density at radius 1 is 1.04 bits per heavy atom. The minimum atomic E-state index is -0.370. The number of nitrogens with zero attached hydrogens (tertiary/aromatic N) is 2. The van der Waals surface area contributed by atoms with Crippen molar-refractivity contribution >= 4 is 46.6 Å². The van der Waals surface area contributed by atoms with E-state index in [1.54, 1.807) is 30.3 Å². The van der Waals surface area contributed by atoms with Gasteiger partial charge in [-0.15, -0.1) is 10.2 Å². The minimum absolute atomic E-state index is 0.272. The predicted molar refractivity (Wildman–Crippen MR) is 90.7 cm³/mol. The first kappa shape index (κ1) is 16.6. The maximum absolute atomic E-state index is 13.7. The van der Waals surface area contributed by atoms with Crippen LogP contribution in [0.1, 0.15) is 5.56 Å². The number of hydrogen-bond donors (Lipinski definition) is 0. The fourth-order valence-corrected chi connectivity index (χ4v) is 3.44. The average molecular weight is 390 g/mol. The van der Waals surface area contributed by atoms with Crippen LogP contribution < -0.4 is 0 Å². The Balaban J connectivity index is 1.77. The lowest BCUT2D eigenvalue weighted by Gasteiger charge is -2.03. The van der Waals surface area contributed by atoms with Crippen molar-refractivity contribution in [2.24, 2.45) is 0 Å². The number of halogens is 4. The molecule has 8 heteroatoms. The van der Waals surface area contributed by atoms with E-state index in [0.717, 1.165) is 0 Å². The lowest BCUT2D eigenvalue weighted by Crippen LogP contribution is -1.88. The molecule has 0 fully saturated rings. The van der Waals surface area contributed by atoms with Gasteiger partial charge in [-0.2, -0.15) is 0 Å². The fourth-order valence-electron chi connectivity index (χ4n) is 1.84. The second-order valence-electron chi connectivity index (χ2n) is 4.49. The standard InChI is InChI=1S/C15H8Cl3FN2OS/c16-8-4-5-9(12(18)6-8)14-20-21-15(22-14)23-7-10-11(17)2-1-3-13(10)19/h1-6H,7H2. The smallest absolute Gasteiger partial charge is 0.277 e. The van der Waals surface area contributed by atoms with Crippen molar-refractivity contribution in [3.8, 4) is 11.5 Å². The van der Waals surface area contributed by atoms with Crippen LogP contribution in [0.25, 0.3) is 11.5 Å². The van der Waals surface area contributed by atoms with Crippen molar-refractivity contribution in [1.82, 2.24) is 10.2 Å². The third-order valence-electron chi connectivity index (χ3n) is 2.97. The van der Waals surface area contributed by atoms with Gasteiger partial charge in [-0.05, 0) is 30.3 Å². The van der Waals surface area contributed by atoms with Gasteiger partial charge >= 0.3 is 0 Å². The molecule has 0 spiro atoms. The van der Waals surface area contributed by atoms with Gasteiger partial charge in [0.2, 0.25) is 5.89 Å². The summed E-state index contributed by atoms with van der Waals surface area (Å²) >= 11 is 19.1. The van der Waals surface area contributed by atoms with Crippen LogP contribution in [0.2, 0.25) is 15.1 Å². The summed E-state index contributed by atoms with van der Waals surface area (Å²) in [4.78, 5) is 0. The van der Waals surface area contributed by atoms with E-state index in [1.165, 1.54) is 17.8 Å². The highest BCUT2D eigenvalue weighted by molar-refractivity contribution is 7.98. The lowest BCUT2D eigenvalue weighted by atomic mass is 10.2. The topological polar surface area (TPSA) is 38.9 Å². The van der Waals surface area contributed by atoms with Crippen LogP contribution in [-0.4, -0.2) is 10.2 Å². The number of benzene rings is 2. The normalized spacial score (nSPS) is 11.0. The van der Waals surface area contributed by atoms with Crippen molar-refractivity contribution in [1.29, 1.82) is 0 Å². The molecule has 2 aromatic carbocycles. The van der Waals surface area contributed by atoms with E-state index >= 15 is 0 Å². The highest BCUT2D eigenvalue weighted by Gasteiger charge is 2.14. The molecule has 3 rings (SSSR count). The van der Waals surface area contributed by atoms with Crippen molar-refractivity contribution in [2.45, 2.75) is 11.0 Å². The molecular formula is C15H8Cl3FN2OS. The molecule has 0 bridgehead atoms. The lowest BCUT2D eigenvalue weighted by molar-refractivity contribution is 0.466. The maximum Gasteiger partial charge on any atom is 0.277 e. The Kier molecular flexibility index (Phi) is 5.11. The Morgan fingerprint density at radius 3 is 2.61 bits per heavy atom. The largest absolute Gasteiger partial charge is 0.411 e. The van der Waals surface area contributed by atoms with Crippen LogP contribution in [0.3, 0.4) is 0 Å². The summed E-state index contributed by atoms with van der Waals surface area (Å²) in [5.74, 6) is 0.181. The molecular weight excluding hydrogens is 382 g/mol. The van der Waals surface area contributed by atoms with Crippen LogP contribution in [0.15, 0.2) is 46.0 Å². The summed E-state index contributed by atoms with van der Waals surface area (Å²) in [6.07, 6.45) is 0. The summed E-state index contributed by atoms with van der Waals surface area (Å²) in [5, 5.41) is 9.45. The molecule has 0 saturated carbocycles. The molecule has 0 radical (unpaired) electrons. The van der Waals surface area contributed by atoms with Crippen LogP contribution in [0.4, 0.5) is 4.39 Å². The first-order chi connectivity index (χ1) is 11.0. The van der Waals surface area contributed by atoms with E-state index in [2.05, 4.69) is 10.2 Å². The van der Waals surface area contributed by atoms with Crippen LogP contribution >= 0.6 is 46.6 Å².